The molecule has 1 saturated heterocycles. The van der Waals surface area contributed by atoms with Gasteiger partial charge < -0.3 is 21.1 Å². The van der Waals surface area contributed by atoms with Crippen molar-refractivity contribution in [1.82, 2.24) is 4.90 Å². The van der Waals surface area contributed by atoms with Crippen LogP contribution >= 0.6 is 15.9 Å². The fourth-order valence-electron chi connectivity index (χ4n) is 1.97. The lowest BCUT2D eigenvalue weighted by molar-refractivity contribution is 0.0698. The molecule has 0 radical (unpaired) electrons. The Kier molecular flexibility index (Phi) is 4.06. The number of hydrogen-bond donors (Lipinski definition) is 3. The molecule has 1 unspecified atom stereocenters. The SMILES string of the molecule is NC1CCN(C(=O)Nc2cc(Br)ccc2C(=O)O)C1. The van der Waals surface area contributed by atoms with Crippen molar-refractivity contribution in [2.45, 2.75) is 12.5 Å². The molecule has 2 rings (SSSR count). The molecule has 1 heterocycles. The fraction of sp³-hybridized carbons (Fsp3) is 0.333. The lowest BCUT2D eigenvalue weighted by atomic mass is 10.2. The Bertz CT molecular complexity index is 521. The molecule has 4 N–H and O–H groups in total. The van der Waals surface area contributed by atoms with Gasteiger partial charge in [0.15, 0.2) is 0 Å². The van der Waals surface area contributed by atoms with Crippen molar-refractivity contribution in [3.8, 4) is 0 Å². The number of anilines is 1. The minimum Gasteiger partial charge on any atom is -0.478 e. The number of carbonyl (C=O) groups is 2. The maximum atomic E-state index is 12.0. The number of carboxylic acids is 1. The van der Waals surface area contributed by atoms with Crippen LogP contribution in [0.15, 0.2) is 22.7 Å². The maximum Gasteiger partial charge on any atom is 0.337 e. The number of aromatic carboxylic acids is 1. The second-order valence-corrected chi connectivity index (χ2v) is 5.34. The van der Waals surface area contributed by atoms with E-state index in [1.54, 1.807) is 17.0 Å². The average Bonchev–Trinajstić information content (AvgIpc) is 2.75. The van der Waals surface area contributed by atoms with Gasteiger partial charge in [-0.2, -0.15) is 0 Å². The van der Waals surface area contributed by atoms with Gasteiger partial charge >= 0.3 is 12.0 Å². The first-order valence-corrected chi connectivity index (χ1v) is 6.61. The molecule has 0 aliphatic carbocycles. The van der Waals surface area contributed by atoms with E-state index in [0.29, 0.717) is 17.6 Å². The molecule has 2 amide bonds. The molecular weight excluding hydrogens is 314 g/mol. The number of benzene rings is 1. The second-order valence-electron chi connectivity index (χ2n) is 4.42. The van der Waals surface area contributed by atoms with Crippen LogP contribution in [0.2, 0.25) is 0 Å². The predicted octanol–water partition coefficient (Wildman–Crippen LogP) is 1.71. The summed E-state index contributed by atoms with van der Waals surface area (Å²) in [5, 5.41) is 11.7. The van der Waals surface area contributed by atoms with Gasteiger partial charge in [0, 0.05) is 23.6 Å². The van der Waals surface area contributed by atoms with E-state index in [2.05, 4.69) is 21.2 Å². The molecule has 1 fully saturated rings. The molecule has 7 heteroatoms. The molecule has 6 nitrogen and oxygen atoms in total. The number of nitrogens with two attached hydrogens (primary N) is 1. The maximum absolute atomic E-state index is 12.0. The van der Waals surface area contributed by atoms with E-state index in [1.165, 1.54) is 6.07 Å². The number of carboxylic acid groups (broad SMARTS) is 1. The zero-order chi connectivity index (χ0) is 14.0. The summed E-state index contributed by atoms with van der Waals surface area (Å²) in [7, 11) is 0. The van der Waals surface area contributed by atoms with E-state index in [0.717, 1.165) is 6.42 Å². The van der Waals surface area contributed by atoms with E-state index < -0.39 is 5.97 Å². The fourth-order valence-corrected chi connectivity index (χ4v) is 2.33. The van der Waals surface area contributed by atoms with Crippen molar-refractivity contribution < 1.29 is 14.7 Å². The molecule has 19 heavy (non-hydrogen) atoms. The minimum atomic E-state index is -1.08. The third-order valence-electron chi connectivity index (χ3n) is 2.97. The van der Waals surface area contributed by atoms with Gasteiger partial charge in [-0.15, -0.1) is 0 Å². The molecule has 1 aromatic carbocycles. The van der Waals surface area contributed by atoms with Crippen molar-refractivity contribution in [1.29, 1.82) is 0 Å². The van der Waals surface area contributed by atoms with Crippen molar-refractivity contribution in [3.05, 3.63) is 28.2 Å². The summed E-state index contributed by atoms with van der Waals surface area (Å²) in [6.45, 7) is 1.08. The zero-order valence-electron chi connectivity index (χ0n) is 10.1. The normalized spacial score (nSPS) is 18.4. The zero-order valence-corrected chi connectivity index (χ0v) is 11.7. The van der Waals surface area contributed by atoms with Crippen molar-refractivity contribution >= 4 is 33.6 Å². The van der Waals surface area contributed by atoms with Gasteiger partial charge in [0.05, 0.1) is 11.3 Å². The molecule has 1 atom stereocenters. The van der Waals surface area contributed by atoms with Gasteiger partial charge in [0.25, 0.3) is 0 Å². The molecule has 1 aromatic rings. The number of urea groups is 1. The molecule has 0 saturated carbocycles. The highest BCUT2D eigenvalue weighted by atomic mass is 79.9. The first kappa shape index (κ1) is 13.8. The first-order valence-electron chi connectivity index (χ1n) is 5.81. The highest BCUT2D eigenvalue weighted by molar-refractivity contribution is 9.10. The average molecular weight is 328 g/mol. The van der Waals surface area contributed by atoms with E-state index >= 15 is 0 Å². The van der Waals surface area contributed by atoms with Gasteiger partial charge in [-0.05, 0) is 24.6 Å². The third-order valence-corrected chi connectivity index (χ3v) is 3.46. The van der Waals surface area contributed by atoms with Gasteiger partial charge in [-0.25, -0.2) is 9.59 Å². The van der Waals surface area contributed by atoms with Gasteiger partial charge in [0.2, 0.25) is 0 Å². The number of halogens is 1. The highest BCUT2D eigenvalue weighted by Gasteiger charge is 2.24. The summed E-state index contributed by atoms with van der Waals surface area (Å²) in [6, 6.07) is 4.29. The molecule has 1 aliphatic heterocycles. The van der Waals surface area contributed by atoms with Gasteiger partial charge in [-0.3, -0.25) is 0 Å². The number of likely N-dealkylation sites (tertiary alicyclic amines) is 1. The summed E-state index contributed by atoms with van der Waals surface area (Å²) in [4.78, 5) is 24.7. The summed E-state index contributed by atoms with van der Waals surface area (Å²) >= 11 is 3.25. The van der Waals surface area contributed by atoms with Crippen LogP contribution in [0.1, 0.15) is 16.8 Å². The number of rotatable bonds is 2. The van der Waals surface area contributed by atoms with Crippen LogP contribution in [0.25, 0.3) is 0 Å². The second kappa shape index (κ2) is 5.58. The standard InChI is InChI=1S/C12H14BrN3O3/c13-7-1-2-9(11(17)18)10(5-7)15-12(19)16-4-3-8(14)6-16/h1-2,5,8H,3-4,6,14H2,(H,15,19)(H,17,18). The molecule has 0 aromatic heterocycles. The summed E-state index contributed by atoms with van der Waals surface area (Å²) in [5.41, 5.74) is 6.06. The predicted molar refractivity (Wildman–Crippen MR) is 74.3 cm³/mol. The van der Waals surface area contributed by atoms with Crippen LogP contribution < -0.4 is 11.1 Å². The Morgan fingerprint density at radius 2 is 2.21 bits per heavy atom. The quantitative estimate of drug-likeness (QED) is 0.770. The Morgan fingerprint density at radius 3 is 2.79 bits per heavy atom. The minimum absolute atomic E-state index is 0.00722. The summed E-state index contributed by atoms with van der Waals surface area (Å²) in [6.07, 6.45) is 0.762. The largest absolute Gasteiger partial charge is 0.478 e. The smallest absolute Gasteiger partial charge is 0.337 e. The Hall–Kier alpha value is -1.60. The number of carbonyl (C=O) groups excluding carboxylic acids is 1. The molecule has 102 valence electrons. The highest BCUT2D eigenvalue weighted by Crippen LogP contribution is 2.22. The summed E-state index contributed by atoms with van der Waals surface area (Å²) in [5.74, 6) is -1.08. The van der Waals surface area contributed by atoms with Crippen molar-refractivity contribution in [3.63, 3.8) is 0 Å². The lowest BCUT2D eigenvalue weighted by Crippen LogP contribution is -2.35. The van der Waals surface area contributed by atoms with E-state index in [4.69, 9.17) is 10.8 Å². The Balaban J connectivity index is 2.16. The van der Waals surface area contributed by atoms with Crippen molar-refractivity contribution in [2.75, 3.05) is 18.4 Å². The Labute approximate surface area is 118 Å². The molecular formula is C12H14BrN3O3. The topological polar surface area (TPSA) is 95.7 Å². The van der Waals surface area contributed by atoms with E-state index in [-0.39, 0.29) is 23.3 Å². The van der Waals surface area contributed by atoms with Crippen LogP contribution in [0.4, 0.5) is 10.5 Å². The summed E-state index contributed by atoms with van der Waals surface area (Å²) < 4.78 is 0.700. The van der Waals surface area contributed by atoms with Gasteiger partial charge in [-0.1, -0.05) is 15.9 Å². The van der Waals surface area contributed by atoms with Crippen molar-refractivity contribution in [2.24, 2.45) is 5.73 Å². The monoisotopic (exact) mass is 327 g/mol. The van der Waals surface area contributed by atoms with Gasteiger partial charge in [0.1, 0.15) is 0 Å². The van der Waals surface area contributed by atoms with E-state index in [9.17, 15) is 9.59 Å². The number of nitrogens with zero attached hydrogens (tertiary/aromatic N) is 1. The van der Waals surface area contributed by atoms with Crippen LogP contribution in [-0.2, 0) is 0 Å². The number of hydrogen-bond acceptors (Lipinski definition) is 3. The number of amides is 2. The van der Waals surface area contributed by atoms with Crippen LogP contribution in [0, 0.1) is 0 Å². The number of nitrogens with one attached hydrogen (secondary N) is 1. The van der Waals surface area contributed by atoms with Crippen LogP contribution in [-0.4, -0.2) is 41.1 Å². The van der Waals surface area contributed by atoms with E-state index in [1.807, 2.05) is 0 Å². The third kappa shape index (κ3) is 3.24. The van der Waals surface area contributed by atoms with Crippen LogP contribution in [0.3, 0.4) is 0 Å². The Morgan fingerprint density at radius 1 is 1.47 bits per heavy atom. The lowest BCUT2D eigenvalue weighted by Gasteiger charge is -2.17. The molecule has 0 bridgehead atoms. The molecule has 0 spiro atoms. The van der Waals surface area contributed by atoms with Crippen LogP contribution in [0.5, 0.6) is 0 Å². The first-order chi connectivity index (χ1) is 8.97. The molecule has 1 aliphatic rings.